The Morgan fingerprint density at radius 3 is 1.59 bits per heavy atom. The van der Waals surface area contributed by atoms with Crippen LogP contribution in [0.5, 0.6) is 0 Å². The predicted molar refractivity (Wildman–Crippen MR) is 118 cm³/mol. The van der Waals surface area contributed by atoms with Gasteiger partial charge in [0.1, 0.15) is 0 Å². The van der Waals surface area contributed by atoms with Crippen molar-refractivity contribution in [2.75, 3.05) is 10.6 Å². The molecule has 0 aliphatic heterocycles. The molecule has 0 fully saturated rings. The van der Waals surface area contributed by atoms with Crippen LogP contribution in [-0.2, 0) is 35.3 Å². The number of hydrogen-bond acceptors (Lipinski definition) is 6. The second kappa shape index (κ2) is 9.80. The van der Waals surface area contributed by atoms with Crippen molar-refractivity contribution in [3.8, 4) is 0 Å². The van der Waals surface area contributed by atoms with Gasteiger partial charge in [0.05, 0.1) is 11.4 Å². The number of carbonyl (C=O) groups excluding carboxylic acids is 2. The van der Waals surface area contributed by atoms with E-state index in [0.717, 1.165) is 55.2 Å². The number of nitrogens with zero attached hydrogens (tertiary/aromatic N) is 2. The third-order valence-corrected chi connectivity index (χ3v) is 7.64. The van der Waals surface area contributed by atoms with E-state index in [1.165, 1.54) is 46.8 Å². The predicted octanol–water partition coefficient (Wildman–Crippen LogP) is 4.88. The van der Waals surface area contributed by atoms with E-state index in [0.29, 0.717) is 12.8 Å². The molecule has 0 unspecified atom stereocenters. The molecule has 2 aliphatic rings. The lowest BCUT2D eigenvalue weighted by atomic mass is 10.0. The number of unbranched alkanes of at least 4 members (excludes halogenated alkanes) is 2. The highest BCUT2D eigenvalue weighted by molar-refractivity contribution is 7.16. The molecule has 156 valence electrons. The van der Waals surface area contributed by atoms with Crippen LogP contribution in [0.2, 0.25) is 0 Å². The van der Waals surface area contributed by atoms with Gasteiger partial charge in [-0.2, -0.15) is 0 Å². The van der Waals surface area contributed by atoms with Gasteiger partial charge in [0, 0.05) is 22.6 Å². The summed E-state index contributed by atoms with van der Waals surface area (Å²) in [7, 11) is 0. The van der Waals surface area contributed by atoms with E-state index in [-0.39, 0.29) is 11.8 Å². The van der Waals surface area contributed by atoms with E-state index in [9.17, 15) is 9.59 Å². The fourth-order valence-electron chi connectivity index (χ4n) is 3.92. The van der Waals surface area contributed by atoms with Crippen molar-refractivity contribution in [2.45, 2.75) is 83.5 Å². The summed E-state index contributed by atoms with van der Waals surface area (Å²) in [5, 5.41) is 7.36. The smallest absolute Gasteiger partial charge is 0.226 e. The molecule has 0 saturated heterocycles. The van der Waals surface area contributed by atoms with Crippen LogP contribution in [0.15, 0.2) is 0 Å². The molecular weight excluding hydrogens is 404 g/mol. The lowest BCUT2D eigenvalue weighted by molar-refractivity contribution is -0.116. The maximum atomic E-state index is 12.1. The van der Waals surface area contributed by atoms with Crippen LogP contribution >= 0.6 is 22.7 Å². The molecule has 2 heterocycles. The first kappa shape index (κ1) is 20.5. The van der Waals surface area contributed by atoms with E-state index in [1.807, 2.05) is 0 Å². The molecule has 0 atom stereocenters. The zero-order valence-corrected chi connectivity index (χ0v) is 18.4. The highest BCUT2D eigenvalue weighted by atomic mass is 32.1. The van der Waals surface area contributed by atoms with Gasteiger partial charge in [-0.1, -0.05) is 6.42 Å². The maximum Gasteiger partial charge on any atom is 0.226 e. The first-order chi connectivity index (χ1) is 14.2. The van der Waals surface area contributed by atoms with Gasteiger partial charge in [0.15, 0.2) is 10.3 Å². The van der Waals surface area contributed by atoms with E-state index < -0.39 is 0 Å². The van der Waals surface area contributed by atoms with E-state index in [1.54, 1.807) is 22.7 Å². The quantitative estimate of drug-likeness (QED) is 0.582. The fraction of sp³-hybridized carbons (Fsp3) is 0.619. The van der Waals surface area contributed by atoms with Crippen LogP contribution in [0.1, 0.15) is 78.9 Å². The molecular formula is C21H28N4O2S2. The summed E-state index contributed by atoms with van der Waals surface area (Å²) in [5.74, 6) is 0.0443. The van der Waals surface area contributed by atoms with Crippen LogP contribution in [0.4, 0.5) is 10.3 Å². The Balaban J connectivity index is 1.11. The van der Waals surface area contributed by atoms with Crippen molar-refractivity contribution in [3.63, 3.8) is 0 Å². The normalized spacial score (nSPS) is 15.4. The van der Waals surface area contributed by atoms with Gasteiger partial charge in [-0.15, -0.1) is 22.7 Å². The summed E-state index contributed by atoms with van der Waals surface area (Å²) < 4.78 is 0. The number of nitrogens with one attached hydrogen (secondary N) is 2. The summed E-state index contributed by atoms with van der Waals surface area (Å²) in [6, 6.07) is 0. The molecule has 2 aromatic rings. The number of aryl methyl sites for hydroxylation is 4. The van der Waals surface area contributed by atoms with Crippen molar-refractivity contribution in [1.82, 2.24) is 9.97 Å². The zero-order valence-electron chi connectivity index (χ0n) is 16.7. The summed E-state index contributed by atoms with van der Waals surface area (Å²) >= 11 is 3.24. The number of anilines is 2. The van der Waals surface area contributed by atoms with Crippen molar-refractivity contribution < 1.29 is 9.59 Å². The number of fused-ring (bicyclic) bond motifs is 2. The first-order valence-electron chi connectivity index (χ1n) is 10.7. The number of hydrogen-bond donors (Lipinski definition) is 2. The van der Waals surface area contributed by atoms with E-state index in [2.05, 4.69) is 20.6 Å². The number of rotatable bonds is 8. The van der Waals surface area contributed by atoms with Gasteiger partial charge >= 0.3 is 0 Å². The topological polar surface area (TPSA) is 84.0 Å². The Hall–Kier alpha value is -1.80. The average molecular weight is 433 g/mol. The first-order valence-corrected chi connectivity index (χ1v) is 12.4. The lowest BCUT2D eigenvalue weighted by Crippen LogP contribution is -2.12. The minimum atomic E-state index is 0.0221. The fourth-order valence-corrected chi connectivity index (χ4v) is 6.05. The molecule has 2 amide bonds. The molecule has 2 N–H and O–H groups in total. The van der Waals surface area contributed by atoms with E-state index in [4.69, 9.17) is 0 Å². The standard InChI is InChI=1S/C21H28N4O2S2/c26-18(24-20-22-14-8-4-6-10-16(14)28-20)12-2-1-3-13-19(27)25-21-23-15-9-5-7-11-17(15)29-21/h1-13H2,(H,22,24,26)(H,23,25,27). The Morgan fingerprint density at radius 2 is 1.14 bits per heavy atom. The van der Waals surface area contributed by atoms with Crippen molar-refractivity contribution >= 4 is 44.8 Å². The molecule has 29 heavy (non-hydrogen) atoms. The molecule has 0 spiro atoms. The maximum absolute atomic E-state index is 12.1. The third-order valence-electron chi connectivity index (χ3n) is 5.49. The van der Waals surface area contributed by atoms with Crippen molar-refractivity contribution in [3.05, 3.63) is 21.1 Å². The van der Waals surface area contributed by atoms with Gasteiger partial charge in [-0.3, -0.25) is 9.59 Å². The monoisotopic (exact) mass is 432 g/mol. The van der Waals surface area contributed by atoms with Gasteiger partial charge < -0.3 is 10.6 Å². The molecule has 0 bridgehead atoms. The number of thiazole rings is 2. The second-order valence-corrected chi connectivity index (χ2v) is 10.0. The minimum absolute atomic E-state index is 0.0221. The summed E-state index contributed by atoms with van der Waals surface area (Å²) in [5.41, 5.74) is 2.34. The highest BCUT2D eigenvalue weighted by Gasteiger charge is 2.17. The Labute approximate surface area is 179 Å². The summed E-state index contributed by atoms with van der Waals surface area (Å²) in [6.07, 6.45) is 12.5. The van der Waals surface area contributed by atoms with Gasteiger partial charge in [-0.25, -0.2) is 9.97 Å². The molecule has 2 aromatic heterocycles. The van der Waals surface area contributed by atoms with Crippen molar-refractivity contribution in [1.29, 1.82) is 0 Å². The molecule has 0 aromatic carbocycles. The number of carbonyl (C=O) groups is 2. The largest absolute Gasteiger partial charge is 0.302 e. The molecule has 6 nitrogen and oxygen atoms in total. The molecule has 8 heteroatoms. The average Bonchev–Trinajstić information content (AvgIpc) is 3.30. The number of amides is 2. The van der Waals surface area contributed by atoms with Gasteiger partial charge in [0.2, 0.25) is 11.8 Å². The van der Waals surface area contributed by atoms with Crippen LogP contribution in [0.25, 0.3) is 0 Å². The Bertz CT molecular complexity index is 757. The molecule has 0 saturated carbocycles. The van der Waals surface area contributed by atoms with Crippen molar-refractivity contribution in [2.24, 2.45) is 0 Å². The lowest BCUT2D eigenvalue weighted by Gasteiger charge is -2.06. The minimum Gasteiger partial charge on any atom is -0.302 e. The van der Waals surface area contributed by atoms with Crippen LogP contribution < -0.4 is 10.6 Å². The number of aromatic nitrogens is 2. The summed E-state index contributed by atoms with van der Waals surface area (Å²) in [6.45, 7) is 0. The SMILES string of the molecule is O=C(CCCCCC(=O)Nc1nc2c(s1)CCCC2)Nc1nc2c(s1)CCCC2. The van der Waals surface area contributed by atoms with Gasteiger partial charge in [-0.05, 0) is 64.2 Å². The molecule has 2 aliphatic carbocycles. The van der Waals surface area contributed by atoms with Gasteiger partial charge in [0.25, 0.3) is 0 Å². The molecule has 4 rings (SSSR count). The van der Waals surface area contributed by atoms with Crippen LogP contribution in [0.3, 0.4) is 0 Å². The van der Waals surface area contributed by atoms with E-state index >= 15 is 0 Å². The molecule has 0 radical (unpaired) electrons. The zero-order chi connectivity index (χ0) is 20.1. The third kappa shape index (κ3) is 5.63. The van der Waals surface area contributed by atoms with Crippen LogP contribution in [0, 0.1) is 0 Å². The Morgan fingerprint density at radius 1 is 0.690 bits per heavy atom. The highest BCUT2D eigenvalue weighted by Crippen LogP contribution is 2.30. The van der Waals surface area contributed by atoms with Crippen LogP contribution in [-0.4, -0.2) is 21.8 Å². The summed E-state index contributed by atoms with van der Waals surface area (Å²) in [4.78, 5) is 36.0. The second-order valence-electron chi connectivity index (χ2n) is 7.85. The Kier molecular flexibility index (Phi) is 6.92.